The van der Waals surface area contributed by atoms with Gasteiger partial charge in [-0.1, -0.05) is 58.7 Å². The van der Waals surface area contributed by atoms with Crippen molar-refractivity contribution in [3.63, 3.8) is 0 Å². The molecule has 1 rings (SSSR count). The lowest BCUT2D eigenvalue weighted by Gasteiger charge is -2.04. The van der Waals surface area contributed by atoms with Crippen LogP contribution in [0.1, 0.15) is 53.0 Å². The highest BCUT2D eigenvalue weighted by Crippen LogP contribution is 2.11. The van der Waals surface area contributed by atoms with Crippen molar-refractivity contribution in [3.05, 3.63) is 29.8 Å². The summed E-state index contributed by atoms with van der Waals surface area (Å²) in [5, 5.41) is 3.03. The maximum absolute atomic E-state index is 5.50. The van der Waals surface area contributed by atoms with Crippen LogP contribution in [0.15, 0.2) is 24.3 Å². The largest absolute Gasteiger partial charge is 0.494 e. The molecule has 0 aliphatic heterocycles. The molecule has 0 saturated heterocycles. The Kier molecular flexibility index (Phi) is 16.1. The van der Waals surface area contributed by atoms with Crippen molar-refractivity contribution in [2.75, 3.05) is 13.7 Å². The van der Waals surface area contributed by atoms with Crippen molar-refractivity contribution in [2.45, 2.75) is 60.4 Å². The Morgan fingerprint density at radius 2 is 1.58 bits per heavy atom. The topological polar surface area (TPSA) is 21.3 Å². The minimum absolute atomic E-state index is 0.634. The fourth-order valence-electron chi connectivity index (χ4n) is 0.969. The molecule has 0 bridgehead atoms. The van der Waals surface area contributed by atoms with Crippen LogP contribution in [0.2, 0.25) is 0 Å². The summed E-state index contributed by atoms with van der Waals surface area (Å²) in [6, 6.07) is 8.81. The third kappa shape index (κ3) is 14.9. The Bertz CT molecular complexity index is 267. The van der Waals surface area contributed by atoms with Gasteiger partial charge in [-0.05, 0) is 32.5 Å². The number of benzene rings is 1. The highest BCUT2D eigenvalue weighted by atomic mass is 16.5. The van der Waals surface area contributed by atoms with Gasteiger partial charge < -0.3 is 10.1 Å². The molecule has 2 heteroatoms. The van der Waals surface area contributed by atoms with Gasteiger partial charge in [0.05, 0.1) is 6.61 Å². The van der Waals surface area contributed by atoms with Gasteiger partial charge in [-0.25, -0.2) is 0 Å². The zero-order chi connectivity index (χ0) is 15.1. The van der Waals surface area contributed by atoms with Crippen LogP contribution in [0, 0.1) is 6.92 Å². The fraction of sp³-hybridized carbons (Fsp3) is 0.647. The van der Waals surface area contributed by atoms with Gasteiger partial charge >= 0.3 is 0 Å². The summed E-state index contributed by atoms with van der Waals surface area (Å²) in [5.74, 6) is 0.981. The Hall–Kier alpha value is -1.02. The molecule has 112 valence electrons. The predicted octanol–water partition coefficient (Wildman–Crippen LogP) is 4.81. The van der Waals surface area contributed by atoms with Gasteiger partial charge in [0.15, 0.2) is 0 Å². The number of rotatable bonds is 5. The lowest BCUT2D eigenvalue weighted by atomic mass is 10.2. The average Bonchev–Trinajstić information content (AvgIpc) is 2.44. The van der Waals surface area contributed by atoms with Gasteiger partial charge in [0, 0.05) is 6.04 Å². The predicted molar refractivity (Wildman–Crippen MR) is 87.1 cm³/mol. The summed E-state index contributed by atoms with van der Waals surface area (Å²) in [4.78, 5) is 0. The molecule has 0 unspecified atom stereocenters. The average molecular weight is 267 g/mol. The van der Waals surface area contributed by atoms with E-state index in [0.29, 0.717) is 6.04 Å². The van der Waals surface area contributed by atoms with Crippen molar-refractivity contribution in [1.29, 1.82) is 0 Å². The first-order chi connectivity index (χ1) is 9.10. The minimum atomic E-state index is 0.634. The van der Waals surface area contributed by atoms with Gasteiger partial charge in [-0.15, -0.1) is 0 Å². The second kappa shape index (κ2) is 15.0. The normalized spacial score (nSPS) is 9.05. The fourth-order valence-corrected chi connectivity index (χ4v) is 0.969. The van der Waals surface area contributed by atoms with Gasteiger partial charge in [-0.3, -0.25) is 0 Å². The van der Waals surface area contributed by atoms with Crippen LogP contribution in [0.4, 0.5) is 0 Å². The van der Waals surface area contributed by atoms with E-state index in [1.54, 1.807) is 0 Å². The molecular weight excluding hydrogens is 234 g/mol. The van der Waals surface area contributed by atoms with Crippen LogP contribution in [0.3, 0.4) is 0 Å². The first-order valence-corrected chi connectivity index (χ1v) is 7.46. The number of hydrogen-bond acceptors (Lipinski definition) is 2. The molecule has 0 aliphatic rings. The van der Waals surface area contributed by atoms with E-state index in [0.717, 1.165) is 18.8 Å². The van der Waals surface area contributed by atoms with Crippen molar-refractivity contribution >= 4 is 0 Å². The number of ether oxygens (including phenoxy) is 1. The Labute approximate surface area is 120 Å². The Morgan fingerprint density at radius 1 is 1.11 bits per heavy atom. The van der Waals surface area contributed by atoms with E-state index >= 15 is 0 Å². The van der Waals surface area contributed by atoms with Crippen LogP contribution >= 0.6 is 0 Å². The Morgan fingerprint density at radius 3 is 1.95 bits per heavy atom. The molecule has 1 N–H and O–H groups in total. The summed E-state index contributed by atoms with van der Waals surface area (Å²) >= 11 is 0. The second-order valence-corrected chi connectivity index (χ2v) is 4.46. The van der Waals surface area contributed by atoms with E-state index < -0.39 is 0 Å². The summed E-state index contributed by atoms with van der Waals surface area (Å²) in [5.41, 5.74) is 1.28. The SMILES string of the molecule is CC.CCCCOc1ccc(C)cc1.CNC(C)C. The summed E-state index contributed by atoms with van der Waals surface area (Å²) in [7, 11) is 1.95. The summed E-state index contributed by atoms with van der Waals surface area (Å²) in [6.07, 6.45) is 2.32. The third-order valence-electron chi connectivity index (χ3n) is 2.36. The molecule has 0 fully saturated rings. The van der Waals surface area contributed by atoms with E-state index in [1.807, 2.05) is 33.0 Å². The van der Waals surface area contributed by atoms with Crippen molar-refractivity contribution in [3.8, 4) is 5.75 Å². The molecule has 19 heavy (non-hydrogen) atoms. The smallest absolute Gasteiger partial charge is 0.119 e. The van der Waals surface area contributed by atoms with Gasteiger partial charge in [0.2, 0.25) is 0 Å². The first kappa shape index (κ1) is 20.3. The number of nitrogens with one attached hydrogen (secondary N) is 1. The van der Waals surface area contributed by atoms with Crippen molar-refractivity contribution in [2.24, 2.45) is 0 Å². The lowest BCUT2D eigenvalue weighted by molar-refractivity contribution is 0.309. The zero-order valence-electron chi connectivity index (χ0n) is 13.9. The molecule has 0 aliphatic carbocycles. The number of hydrogen-bond donors (Lipinski definition) is 1. The minimum Gasteiger partial charge on any atom is -0.494 e. The summed E-state index contributed by atoms with van der Waals surface area (Å²) in [6.45, 7) is 13.3. The van der Waals surface area contributed by atoms with Gasteiger partial charge in [0.1, 0.15) is 5.75 Å². The second-order valence-electron chi connectivity index (χ2n) is 4.46. The van der Waals surface area contributed by atoms with Crippen LogP contribution in [-0.2, 0) is 0 Å². The van der Waals surface area contributed by atoms with Crippen molar-refractivity contribution < 1.29 is 4.74 Å². The van der Waals surface area contributed by atoms with Crippen LogP contribution in [0.5, 0.6) is 5.75 Å². The molecular formula is C17H33NO. The zero-order valence-corrected chi connectivity index (χ0v) is 13.9. The van der Waals surface area contributed by atoms with Crippen LogP contribution in [0.25, 0.3) is 0 Å². The van der Waals surface area contributed by atoms with E-state index in [4.69, 9.17) is 4.74 Å². The maximum Gasteiger partial charge on any atom is 0.119 e. The molecule has 0 radical (unpaired) electrons. The third-order valence-corrected chi connectivity index (χ3v) is 2.36. The van der Waals surface area contributed by atoms with Gasteiger partial charge in [0.25, 0.3) is 0 Å². The van der Waals surface area contributed by atoms with E-state index in [2.05, 4.69) is 45.1 Å². The molecule has 0 saturated carbocycles. The highest BCUT2D eigenvalue weighted by molar-refractivity contribution is 5.26. The standard InChI is InChI=1S/C11H16O.C4H11N.C2H6/c1-3-4-9-12-11-7-5-10(2)6-8-11;1-4(2)5-3;1-2/h5-8H,3-4,9H2,1-2H3;4-5H,1-3H3;1-2H3. The summed E-state index contributed by atoms with van der Waals surface area (Å²) < 4.78 is 5.50. The van der Waals surface area contributed by atoms with E-state index in [9.17, 15) is 0 Å². The molecule has 0 aromatic heterocycles. The van der Waals surface area contributed by atoms with Crippen LogP contribution < -0.4 is 10.1 Å². The number of aryl methyl sites for hydroxylation is 1. The molecule has 2 nitrogen and oxygen atoms in total. The molecule has 1 aromatic carbocycles. The Balaban J connectivity index is 0. The first-order valence-electron chi connectivity index (χ1n) is 7.46. The highest BCUT2D eigenvalue weighted by Gasteiger charge is 1.91. The molecule has 0 atom stereocenters. The maximum atomic E-state index is 5.50. The molecule has 0 heterocycles. The molecule has 1 aromatic rings. The number of unbranched alkanes of at least 4 members (excludes halogenated alkanes) is 1. The van der Waals surface area contributed by atoms with Crippen molar-refractivity contribution in [1.82, 2.24) is 5.32 Å². The lowest BCUT2D eigenvalue weighted by Crippen LogP contribution is -2.15. The van der Waals surface area contributed by atoms with E-state index in [1.165, 1.54) is 12.0 Å². The van der Waals surface area contributed by atoms with Crippen LogP contribution in [-0.4, -0.2) is 19.7 Å². The molecule has 0 spiro atoms. The molecule has 0 amide bonds. The van der Waals surface area contributed by atoms with E-state index in [-0.39, 0.29) is 0 Å². The monoisotopic (exact) mass is 267 g/mol. The quantitative estimate of drug-likeness (QED) is 0.773. The van der Waals surface area contributed by atoms with Gasteiger partial charge in [-0.2, -0.15) is 0 Å².